The fraction of sp³-hybridized carbons (Fsp3) is 0.238. The topological polar surface area (TPSA) is 125 Å². The van der Waals surface area contributed by atoms with E-state index in [1.807, 2.05) is 19.9 Å². The van der Waals surface area contributed by atoms with Crippen molar-refractivity contribution < 1.29 is 23.9 Å². The molecule has 0 saturated heterocycles. The number of carbonyl (C=O) groups is 3. The largest absolute Gasteiger partial charge is 0.465 e. The molecule has 0 aliphatic carbocycles. The number of aryl methyl sites for hydroxylation is 3. The maximum absolute atomic E-state index is 12.4. The summed E-state index contributed by atoms with van der Waals surface area (Å²) in [5.74, 6) is -1.44. The molecule has 2 heterocycles. The quantitative estimate of drug-likeness (QED) is 0.598. The van der Waals surface area contributed by atoms with Crippen molar-refractivity contribution in [2.45, 2.75) is 20.8 Å². The molecule has 0 spiro atoms. The van der Waals surface area contributed by atoms with Crippen LogP contribution in [-0.2, 0) is 14.3 Å². The Morgan fingerprint density at radius 2 is 1.55 bits per heavy atom. The highest BCUT2D eigenvalue weighted by Crippen LogP contribution is 2.16. The van der Waals surface area contributed by atoms with Crippen molar-refractivity contribution in [2.75, 3.05) is 19.0 Å². The standard InChI is InChI=1S/C21H21N5O5/c1-12-9-13(2)23-21(22-12)26-17(10-14(3)25-26)24-18(27)11-31-20(29)16-8-6-5-7-15(16)19(28)30-4/h5-10H,11H2,1-4H3,(H,24,27). The maximum Gasteiger partial charge on any atom is 0.339 e. The Morgan fingerprint density at radius 3 is 2.16 bits per heavy atom. The molecule has 0 atom stereocenters. The number of carbonyl (C=O) groups excluding carboxylic acids is 3. The van der Waals surface area contributed by atoms with Crippen molar-refractivity contribution in [3.05, 3.63) is 64.6 Å². The smallest absolute Gasteiger partial charge is 0.339 e. The number of amides is 1. The molecule has 0 bridgehead atoms. The molecule has 3 rings (SSSR count). The van der Waals surface area contributed by atoms with Crippen LogP contribution in [0.1, 0.15) is 37.8 Å². The first-order valence-corrected chi connectivity index (χ1v) is 9.32. The van der Waals surface area contributed by atoms with Gasteiger partial charge in [0.25, 0.3) is 11.9 Å². The van der Waals surface area contributed by atoms with Crippen LogP contribution in [0.5, 0.6) is 0 Å². The Balaban J connectivity index is 1.72. The molecule has 0 unspecified atom stereocenters. The van der Waals surface area contributed by atoms with E-state index in [1.54, 1.807) is 25.1 Å². The van der Waals surface area contributed by atoms with Gasteiger partial charge in [-0.15, -0.1) is 0 Å². The summed E-state index contributed by atoms with van der Waals surface area (Å²) >= 11 is 0. The van der Waals surface area contributed by atoms with Crippen LogP contribution in [0.3, 0.4) is 0 Å². The van der Waals surface area contributed by atoms with E-state index in [9.17, 15) is 14.4 Å². The first-order valence-electron chi connectivity index (χ1n) is 9.32. The minimum atomic E-state index is -0.821. The third-order valence-electron chi connectivity index (χ3n) is 4.15. The number of benzene rings is 1. The minimum absolute atomic E-state index is 0.00618. The summed E-state index contributed by atoms with van der Waals surface area (Å²) in [4.78, 5) is 45.2. The number of esters is 2. The normalized spacial score (nSPS) is 10.5. The Morgan fingerprint density at radius 1 is 0.935 bits per heavy atom. The molecule has 31 heavy (non-hydrogen) atoms. The van der Waals surface area contributed by atoms with Crippen molar-refractivity contribution in [1.82, 2.24) is 19.7 Å². The Labute approximate surface area is 178 Å². The summed E-state index contributed by atoms with van der Waals surface area (Å²) in [6.45, 7) is 4.86. The molecule has 1 N–H and O–H groups in total. The number of nitrogens with zero attached hydrogens (tertiary/aromatic N) is 4. The van der Waals surface area contributed by atoms with Crippen molar-refractivity contribution in [1.29, 1.82) is 0 Å². The van der Waals surface area contributed by atoms with Gasteiger partial charge in [0, 0.05) is 17.5 Å². The second kappa shape index (κ2) is 9.16. The SMILES string of the molecule is COC(=O)c1ccccc1C(=O)OCC(=O)Nc1cc(C)nn1-c1nc(C)cc(C)n1. The van der Waals surface area contributed by atoms with Crippen LogP contribution in [-0.4, -0.2) is 51.3 Å². The van der Waals surface area contributed by atoms with Gasteiger partial charge in [0.2, 0.25) is 0 Å². The Kier molecular flexibility index (Phi) is 6.39. The van der Waals surface area contributed by atoms with Gasteiger partial charge in [-0.1, -0.05) is 12.1 Å². The van der Waals surface area contributed by atoms with Gasteiger partial charge < -0.3 is 14.8 Å². The second-order valence-corrected chi connectivity index (χ2v) is 6.69. The van der Waals surface area contributed by atoms with Crippen molar-refractivity contribution in [3.63, 3.8) is 0 Å². The van der Waals surface area contributed by atoms with E-state index in [0.29, 0.717) is 17.5 Å². The number of anilines is 1. The van der Waals surface area contributed by atoms with E-state index in [0.717, 1.165) is 11.4 Å². The molecule has 10 heteroatoms. The molecule has 0 saturated carbocycles. The highest BCUT2D eigenvalue weighted by atomic mass is 16.5. The third kappa shape index (κ3) is 5.10. The fourth-order valence-electron chi connectivity index (χ4n) is 2.88. The Bertz CT molecular complexity index is 1130. The lowest BCUT2D eigenvalue weighted by Crippen LogP contribution is -2.23. The number of ether oxygens (including phenoxy) is 2. The first-order chi connectivity index (χ1) is 14.8. The third-order valence-corrected chi connectivity index (χ3v) is 4.15. The number of rotatable bonds is 6. The van der Waals surface area contributed by atoms with Crippen LogP contribution in [0.15, 0.2) is 36.4 Å². The van der Waals surface area contributed by atoms with E-state index in [4.69, 9.17) is 4.74 Å². The minimum Gasteiger partial charge on any atom is -0.465 e. The number of nitrogens with one attached hydrogen (secondary N) is 1. The van der Waals surface area contributed by atoms with E-state index in [1.165, 1.54) is 23.9 Å². The van der Waals surface area contributed by atoms with Gasteiger partial charge in [0.05, 0.1) is 23.9 Å². The van der Waals surface area contributed by atoms with Gasteiger partial charge in [-0.05, 0) is 39.0 Å². The summed E-state index contributed by atoms with van der Waals surface area (Å²) < 4.78 is 11.1. The Hall–Kier alpha value is -4.08. The number of hydrogen-bond donors (Lipinski definition) is 1. The molecule has 0 aliphatic heterocycles. The maximum atomic E-state index is 12.4. The summed E-state index contributed by atoms with van der Waals surface area (Å²) in [7, 11) is 1.21. The average Bonchev–Trinajstić information content (AvgIpc) is 3.10. The zero-order valence-corrected chi connectivity index (χ0v) is 17.5. The number of hydrogen-bond acceptors (Lipinski definition) is 8. The van der Waals surface area contributed by atoms with E-state index < -0.39 is 24.5 Å². The molecule has 0 fully saturated rings. The molecule has 1 amide bonds. The summed E-state index contributed by atoms with van der Waals surface area (Å²) in [5, 5.41) is 6.95. The highest BCUT2D eigenvalue weighted by Gasteiger charge is 2.20. The zero-order valence-electron chi connectivity index (χ0n) is 17.5. The van der Waals surface area contributed by atoms with E-state index in [2.05, 4.69) is 25.1 Å². The van der Waals surface area contributed by atoms with Crippen LogP contribution in [0.25, 0.3) is 5.95 Å². The van der Waals surface area contributed by atoms with Gasteiger partial charge in [-0.25, -0.2) is 19.6 Å². The van der Waals surface area contributed by atoms with Gasteiger partial charge in [-0.3, -0.25) is 4.79 Å². The fourth-order valence-corrected chi connectivity index (χ4v) is 2.88. The van der Waals surface area contributed by atoms with Crippen LogP contribution >= 0.6 is 0 Å². The number of methoxy groups -OCH3 is 1. The zero-order chi connectivity index (χ0) is 22.5. The first kappa shape index (κ1) is 21.6. The lowest BCUT2D eigenvalue weighted by Gasteiger charge is -2.10. The monoisotopic (exact) mass is 423 g/mol. The van der Waals surface area contributed by atoms with E-state index in [-0.39, 0.29) is 11.1 Å². The van der Waals surface area contributed by atoms with Crippen molar-refractivity contribution in [2.24, 2.45) is 0 Å². The van der Waals surface area contributed by atoms with Gasteiger partial charge in [0.15, 0.2) is 6.61 Å². The van der Waals surface area contributed by atoms with Crippen molar-refractivity contribution >= 4 is 23.7 Å². The predicted molar refractivity (Wildman–Crippen MR) is 110 cm³/mol. The van der Waals surface area contributed by atoms with Crippen LogP contribution in [0.4, 0.5) is 5.82 Å². The molecule has 1 aromatic carbocycles. The molecular weight excluding hydrogens is 402 g/mol. The molecule has 0 aliphatic rings. The number of aromatic nitrogens is 4. The summed E-state index contributed by atoms with van der Waals surface area (Å²) in [5.41, 5.74) is 2.21. The molecule has 0 radical (unpaired) electrons. The van der Waals surface area contributed by atoms with Gasteiger partial charge >= 0.3 is 11.9 Å². The lowest BCUT2D eigenvalue weighted by atomic mass is 10.1. The van der Waals surface area contributed by atoms with Crippen molar-refractivity contribution in [3.8, 4) is 5.95 Å². The molecule has 10 nitrogen and oxygen atoms in total. The van der Waals surface area contributed by atoms with Gasteiger partial charge in [-0.2, -0.15) is 9.78 Å². The average molecular weight is 423 g/mol. The lowest BCUT2D eigenvalue weighted by molar-refractivity contribution is -0.119. The van der Waals surface area contributed by atoms with Gasteiger partial charge in [0.1, 0.15) is 5.82 Å². The second-order valence-electron chi connectivity index (χ2n) is 6.69. The molecule has 3 aromatic rings. The summed E-state index contributed by atoms with van der Waals surface area (Å²) in [6.07, 6.45) is 0. The predicted octanol–water partition coefficient (Wildman–Crippen LogP) is 2.17. The molecular formula is C21H21N5O5. The highest BCUT2D eigenvalue weighted by molar-refractivity contribution is 6.04. The van der Waals surface area contributed by atoms with E-state index >= 15 is 0 Å². The van der Waals surface area contributed by atoms with Crippen LogP contribution < -0.4 is 5.32 Å². The summed E-state index contributed by atoms with van der Waals surface area (Å²) in [6, 6.07) is 9.50. The molecule has 2 aromatic heterocycles. The molecule has 160 valence electrons. The van der Waals surface area contributed by atoms with Crippen LogP contribution in [0, 0.1) is 20.8 Å². The van der Waals surface area contributed by atoms with Crippen LogP contribution in [0.2, 0.25) is 0 Å².